The second kappa shape index (κ2) is 10.5. The zero-order valence-corrected chi connectivity index (χ0v) is 17.8. The van der Waals surface area contributed by atoms with Crippen LogP contribution in [0.25, 0.3) is 0 Å². The van der Waals surface area contributed by atoms with Gasteiger partial charge in [-0.05, 0) is 36.9 Å². The normalized spacial score (nSPS) is 18.1. The Balaban J connectivity index is 1.64. The monoisotopic (exact) mass is 401 g/mol. The van der Waals surface area contributed by atoms with Gasteiger partial charge in [-0.2, -0.15) is 0 Å². The van der Waals surface area contributed by atoms with Crippen molar-refractivity contribution in [1.29, 1.82) is 0 Å². The fraction of sp³-hybridized carbons (Fsp3) is 0.500. The van der Waals surface area contributed by atoms with E-state index in [0.29, 0.717) is 19.1 Å². The van der Waals surface area contributed by atoms with Gasteiger partial charge in [-0.1, -0.05) is 25.1 Å². The van der Waals surface area contributed by atoms with Crippen molar-refractivity contribution >= 4 is 17.3 Å². The van der Waals surface area contributed by atoms with Gasteiger partial charge in [0.25, 0.3) is 0 Å². The Hall–Kier alpha value is -2.05. The van der Waals surface area contributed by atoms with Crippen LogP contribution in [-0.2, 0) is 11.3 Å². The number of rotatable bonds is 8. The van der Waals surface area contributed by atoms with E-state index in [1.165, 1.54) is 10.4 Å². The van der Waals surface area contributed by atoms with E-state index in [1.54, 1.807) is 11.3 Å². The Morgan fingerprint density at radius 1 is 1.36 bits per heavy atom. The summed E-state index contributed by atoms with van der Waals surface area (Å²) in [6.07, 6.45) is 1.09. The molecule has 2 unspecified atom stereocenters. The molecule has 6 heteroatoms. The first-order valence-electron chi connectivity index (χ1n) is 10.0. The third-order valence-corrected chi connectivity index (χ3v) is 5.86. The van der Waals surface area contributed by atoms with E-state index >= 15 is 0 Å². The van der Waals surface area contributed by atoms with Crippen LogP contribution in [0.15, 0.2) is 40.7 Å². The van der Waals surface area contributed by atoms with Crippen LogP contribution in [0.2, 0.25) is 0 Å². The van der Waals surface area contributed by atoms with Crippen molar-refractivity contribution in [2.75, 3.05) is 26.3 Å². The number of hydrogen-bond acceptors (Lipinski definition) is 4. The maximum atomic E-state index is 6.19. The zero-order valence-electron chi connectivity index (χ0n) is 17.0. The summed E-state index contributed by atoms with van der Waals surface area (Å²) >= 11 is 1.80. The fourth-order valence-corrected chi connectivity index (χ4v) is 3.90. The summed E-state index contributed by atoms with van der Waals surface area (Å²) in [5.74, 6) is 2.20. The van der Waals surface area contributed by atoms with Gasteiger partial charge in [0.05, 0.1) is 19.8 Å². The van der Waals surface area contributed by atoms with Gasteiger partial charge in [-0.3, -0.25) is 0 Å². The Morgan fingerprint density at radius 2 is 2.25 bits per heavy atom. The van der Waals surface area contributed by atoms with Gasteiger partial charge in [0.15, 0.2) is 5.96 Å². The minimum absolute atomic E-state index is 0.141. The van der Waals surface area contributed by atoms with Crippen molar-refractivity contribution in [3.05, 3.63) is 51.7 Å². The average Bonchev–Trinajstić information content (AvgIpc) is 3.39. The molecule has 1 saturated heterocycles. The number of nitrogens with zero attached hydrogens (tertiary/aromatic N) is 1. The molecule has 5 nitrogen and oxygen atoms in total. The molecule has 1 aromatic heterocycles. The van der Waals surface area contributed by atoms with Crippen LogP contribution in [0.3, 0.4) is 0 Å². The number of nitrogens with one attached hydrogen (secondary N) is 2. The number of guanidine groups is 1. The van der Waals surface area contributed by atoms with Crippen molar-refractivity contribution in [2.24, 2.45) is 4.99 Å². The number of hydrogen-bond donors (Lipinski definition) is 2. The molecule has 3 rings (SSSR count). The summed E-state index contributed by atoms with van der Waals surface area (Å²) in [7, 11) is 0. The molecule has 0 bridgehead atoms. The summed E-state index contributed by atoms with van der Waals surface area (Å²) in [4.78, 5) is 6.17. The van der Waals surface area contributed by atoms with E-state index in [1.807, 2.05) is 0 Å². The van der Waals surface area contributed by atoms with Crippen molar-refractivity contribution < 1.29 is 9.47 Å². The standard InChI is InChI=1S/C22H31N3O2S/c1-4-23-22(24-13-17(3)21-6-5-11-28-21)25-14-18-8-7-16(2)12-20(18)27-19-9-10-26-15-19/h5-8,11-12,17,19H,4,9-10,13-15H2,1-3H3,(H2,23,24,25). The fourth-order valence-electron chi connectivity index (χ4n) is 3.12. The molecule has 2 aromatic rings. The molecule has 2 atom stereocenters. The highest BCUT2D eigenvalue weighted by Gasteiger charge is 2.18. The van der Waals surface area contributed by atoms with Crippen molar-refractivity contribution in [1.82, 2.24) is 10.6 Å². The second-order valence-electron chi connectivity index (χ2n) is 7.21. The van der Waals surface area contributed by atoms with Crippen molar-refractivity contribution in [3.8, 4) is 5.75 Å². The quantitative estimate of drug-likeness (QED) is 0.517. The first kappa shape index (κ1) is 20.7. The van der Waals surface area contributed by atoms with E-state index in [-0.39, 0.29) is 6.10 Å². The topological polar surface area (TPSA) is 54.9 Å². The molecule has 0 saturated carbocycles. The largest absolute Gasteiger partial charge is 0.488 e. The summed E-state index contributed by atoms with van der Waals surface area (Å²) in [5, 5.41) is 8.93. The molecule has 1 aliphatic heterocycles. The number of ether oxygens (including phenoxy) is 2. The minimum Gasteiger partial charge on any atom is -0.488 e. The summed E-state index contributed by atoms with van der Waals surface area (Å²) in [6.45, 7) is 10.1. The molecule has 28 heavy (non-hydrogen) atoms. The van der Waals surface area contributed by atoms with E-state index in [9.17, 15) is 0 Å². The number of thiophene rings is 1. The molecule has 152 valence electrons. The Morgan fingerprint density at radius 3 is 2.96 bits per heavy atom. The lowest BCUT2D eigenvalue weighted by Crippen LogP contribution is -2.39. The smallest absolute Gasteiger partial charge is 0.191 e. The molecule has 2 N–H and O–H groups in total. The molecule has 0 spiro atoms. The minimum atomic E-state index is 0.141. The molecule has 1 fully saturated rings. The summed E-state index contributed by atoms with van der Waals surface area (Å²) in [5.41, 5.74) is 2.29. The molecule has 0 radical (unpaired) electrons. The highest BCUT2D eigenvalue weighted by atomic mass is 32.1. The number of aryl methyl sites for hydroxylation is 1. The van der Waals surface area contributed by atoms with Crippen LogP contribution in [0.1, 0.15) is 42.2 Å². The Bertz CT molecular complexity index is 755. The van der Waals surface area contributed by atoms with Gasteiger partial charge < -0.3 is 20.1 Å². The van der Waals surface area contributed by atoms with Crippen LogP contribution in [0.4, 0.5) is 0 Å². The third-order valence-electron chi connectivity index (χ3n) is 4.76. The van der Waals surface area contributed by atoms with E-state index in [0.717, 1.165) is 43.4 Å². The van der Waals surface area contributed by atoms with Gasteiger partial charge in [-0.15, -0.1) is 11.3 Å². The first-order chi connectivity index (χ1) is 13.7. The number of benzene rings is 1. The molecule has 1 aromatic carbocycles. The first-order valence-corrected chi connectivity index (χ1v) is 10.9. The Kier molecular flexibility index (Phi) is 7.74. The van der Waals surface area contributed by atoms with Gasteiger partial charge >= 0.3 is 0 Å². The van der Waals surface area contributed by atoms with Crippen molar-refractivity contribution in [3.63, 3.8) is 0 Å². The van der Waals surface area contributed by atoms with Crippen molar-refractivity contribution in [2.45, 2.75) is 45.8 Å². The van der Waals surface area contributed by atoms with Crippen LogP contribution >= 0.6 is 11.3 Å². The van der Waals surface area contributed by atoms with E-state index < -0.39 is 0 Å². The SMILES string of the molecule is CCNC(=NCc1ccc(C)cc1OC1CCOC1)NCC(C)c1cccs1. The van der Waals surface area contributed by atoms with Crippen LogP contribution in [-0.4, -0.2) is 38.4 Å². The predicted octanol–water partition coefficient (Wildman–Crippen LogP) is 4.08. The summed E-state index contributed by atoms with van der Waals surface area (Å²) < 4.78 is 11.6. The lowest BCUT2D eigenvalue weighted by Gasteiger charge is -2.17. The van der Waals surface area contributed by atoms with Gasteiger partial charge in [0, 0.05) is 35.9 Å². The third kappa shape index (κ3) is 5.97. The molecule has 1 aliphatic rings. The van der Waals surface area contributed by atoms with Crippen LogP contribution < -0.4 is 15.4 Å². The highest BCUT2D eigenvalue weighted by molar-refractivity contribution is 7.10. The summed E-state index contributed by atoms with van der Waals surface area (Å²) in [6, 6.07) is 10.6. The number of aliphatic imine (C=N–C) groups is 1. The molecular formula is C22H31N3O2S. The van der Waals surface area contributed by atoms with Gasteiger partial charge in [0.2, 0.25) is 0 Å². The lowest BCUT2D eigenvalue weighted by atomic mass is 10.1. The lowest BCUT2D eigenvalue weighted by molar-refractivity contribution is 0.140. The second-order valence-corrected chi connectivity index (χ2v) is 8.19. The van der Waals surface area contributed by atoms with Crippen LogP contribution in [0.5, 0.6) is 5.75 Å². The predicted molar refractivity (Wildman–Crippen MR) is 117 cm³/mol. The molecule has 0 aliphatic carbocycles. The Labute approximate surface area is 172 Å². The van der Waals surface area contributed by atoms with Gasteiger partial charge in [-0.25, -0.2) is 4.99 Å². The van der Waals surface area contributed by atoms with Crippen LogP contribution in [0, 0.1) is 6.92 Å². The highest BCUT2D eigenvalue weighted by Crippen LogP contribution is 2.24. The molecule has 2 heterocycles. The van der Waals surface area contributed by atoms with E-state index in [2.05, 4.69) is 67.1 Å². The van der Waals surface area contributed by atoms with E-state index in [4.69, 9.17) is 14.5 Å². The molecular weight excluding hydrogens is 370 g/mol. The zero-order chi connectivity index (χ0) is 19.8. The van der Waals surface area contributed by atoms with Gasteiger partial charge in [0.1, 0.15) is 11.9 Å². The average molecular weight is 402 g/mol. The maximum Gasteiger partial charge on any atom is 0.191 e. The maximum absolute atomic E-state index is 6.19. The molecule has 0 amide bonds.